The van der Waals surface area contributed by atoms with E-state index in [1.165, 1.54) is 0 Å². The summed E-state index contributed by atoms with van der Waals surface area (Å²) in [5, 5.41) is 3.33. The number of primary amides is 1. The fourth-order valence-electron chi connectivity index (χ4n) is 2.31. The molecule has 0 aromatic heterocycles. The monoisotopic (exact) mass is 224 g/mol. The van der Waals surface area contributed by atoms with Crippen molar-refractivity contribution in [2.24, 2.45) is 5.73 Å². The SMILES string of the molecule is NC(=O)C1=C2CC=CC=C2Nc2ccccc21. The van der Waals surface area contributed by atoms with Gasteiger partial charge in [0.15, 0.2) is 0 Å². The maximum atomic E-state index is 11.7. The van der Waals surface area contributed by atoms with Crippen LogP contribution >= 0.6 is 0 Å². The minimum absolute atomic E-state index is 0.366. The van der Waals surface area contributed by atoms with Crippen molar-refractivity contribution in [3.05, 3.63) is 59.3 Å². The van der Waals surface area contributed by atoms with E-state index in [9.17, 15) is 4.79 Å². The van der Waals surface area contributed by atoms with Gasteiger partial charge in [0.2, 0.25) is 5.91 Å². The van der Waals surface area contributed by atoms with E-state index in [1.807, 2.05) is 42.5 Å². The fourth-order valence-corrected chi connectivity index (χ4v) is 2.31. The van der Waals surface area contributed by atoms with Crippen LogP contribution in [0.25, 0.3) is 5.57 Å². The summed E-state index contributed by atoms with van der Waals surface area (Å²) >= 11 is 0. The van der Waals surface area contributed by atoms with Crippen LogP contribution in [0.15, 0.2) is 53.8 Å². The van der Waals surface area contributed by atoms with E-state index in [1.54, 1.807) is 0 Å². The summed E-state index contributed by atoms with van der Waals surface area (Å²) in [7, 11) is 0. The number of nitrogens with one attached hydrogen (secondary N) is 1. The van der Waals surface area contributed by atoms with Crippen molar-refractivity contribution in [3.63, 3.8) is 0 Å². The highest BCUT2D eigenvalue weighted by Crippen LogP contribution is 2.38. The molecule has 3 nitrogen and oxygen atoms in total. The number of carbonyl (C=O) groups excluding carboxylic acids is 1. The number of hydrogen-bond acceptors (Lipinski definition) is 2. The molecule has 2 aliphatic rings. The predicted molar refractivity (Wildman–Crippen MR) is 68.0 cm³/mol. The van der Waals surface area contributed by atoms with E-state index >= 15 is 0 Å². The number of allylic oxidation sites excluding steroid dienone is 4. The van der Waals surface area contributed by atoms with Gasteiger partial charge in [0.05, 0.1) is 5.57 Å². The number of carbonyl (C=O) groups is 1. The van der Waals surface area contributed by atoms with Crippen LogP contribution in [-0.2, 0) is 4.79 Å². The summed E-state index contributed by atoms with van der Waals surface area (Å²) in [5.74, 6) is -0.366. The van der Waals surface area contributed by atoms with Crippen LogP contribution in [0.4, 0.5) is 5.69 Å². The Morgan fingerprint density at radius 1 is 1.29 bits per heavy atom. The molecule has 0 saturated heterocycles. The highest BCUT2D eigenvalue weighted by molar-refractivity contribution is 6.23. The molecule has 0 bridgehead atoms. The summed E-state index contributed by atoms with van der Waals surface area (Å²) in [4.78, 5) is 11.7. The van der Waals surface area contributed by atoms with Crippen LogP contribution in [0.1, 0.15) is 12.0 Å². The summed E-state index contributed by atoms with van der Waals surface area (Å²) in [6, 6.07) is 7.73. The lowest BCUT2D eigenvalue weighted by Gasteiger charge is -2.26. The second-order valence-electron chi connectivity index (χ2n) is 4.10. The van der Waals surface area contributed by atoms with Gasteiger partial charge in [0.25, 0.3) is 0 Å². The molecule has 1 aromatic carbocycles. The van der Waals surface area contributed by atoms with Gasteiger partial charge >= 0.3 is 0 Å². The van der Waals surface area contributed by atoms with Crippen LogP contribution in [0.3, 0.4) is 0 Å². The van der Waals surface area contributed by atoms with Crippen molar-refractivity contribution in [3.8, 4) is 0 Å². The summed E-state index contributed by atoms with van der Waals surface area (Å²) in [6.07, 6.45) is 6.72. The largest absolute Gasteiger partial charge is 0.366 e. The first-order valence-corrected chi connectivity index (χ1v) is 5.54. The van der Waals surface area contributed by atoms with Crippen molar-refractivity contribution >= 4 is 17.2 Å². The Hall–Kier alpha value is -2.29. The number of anilines is 1. The fraction of sp³-hybridized carbons (Fsp3) is 0.0714. The van der Waals surface area contributed by atoms with Crippen LogP contribution in [0, 0.1) is 0 Å². The van der Waals surface area contributed by atoms with Gasteiger partial charge in [0.1, 0.15) is 0 Å². The zero-order valence-electron chi connectivity index (χ0n) is 9.23. The van der Waals surface area contributed by atoms with Gasteiger partial charge < -0.3 is 11.1 Å². The molecule has 0 radical (unpaired) electrons. The lowest BCUT2D eigenvalue weighted by atomic mass is 9.88. The first kappa shape index (κ1) is 9.90. The molecule has 1 heterocycles. The first-order valence-electron chi connectivity index (χ1n) is 5.54. The predicted octanol–water partition coefficient (Wildman–Crippen LogP) is 2.19. The van der Waals surface area contributed by atoms with Crippen LogP contribution in [0.5, 0.6) is 0 Å². The summed E-state index contributed by atoms with van der Waals surface area (Å²) in [5.41, 5.74) is 9.93. The molecule has 0 unspecified atom stereocenters. The molecule has 0 saturated carbocycles. The Balaban J connectivity index is 2.29. The molecule has 1 aromatic rings. The molecule has 0 spiro atoms. The Labute approximate surface area is 99.3 Å². The van der Waals surface area contributed by atoms with Gasteiger partial charge in [-0.05, 0) is 24.1 Å². The Bertz CT molecular complexity index is 594. The summed E-state index contributed by atoms with van der Waals surface area (Å²) < 4.78 is 0. The highest BCUT2D eigenvalue weighted by atomic mass is 16.1. The number of para-hydroxylation sites is 1. The first-order chi connectivity index (χ1) is 8.27. The maximum Gasteiger partial charge on any atom is 0.249 e. The van der Waals surface area contributed by atoms with E-state index in [2.05, 4.69) is 5.32 Å². The number of fused-ring (bicyclic) bond motifs is 2. The van der Waals surface area contributed by atoms with Gasteiger partial charge in [-0.1, -0.05) is 30.4 Å². The van der Waals surface area contributed by atoms with E-state index in [-0.39, 0.29) is 5.91 Å². The average Bonchev–Trinajstić information content (AvgIpc) is 2.35. The van der Waals surface area contributed by atoms with Crippen molar-refractivity contribution in [2.45, 2.75) is 6.42 Å². The number of benzene rings is 1. The minimum atomic E-state index is -0.366. The lowest BCUT2D eigenvalue weighted by molar-refractivity contribution is -0.112. The van der Waals surface area contributed by atoms with Crippen LogP contribution < -0.4 is 11.1 Å². The van der Waals surface area contributed by atoms with E-state index in [0.29, 0.717) is 5.57 Å². The number of rotatable bonds is 1. The molecule has 1 amide bonds. The van der Waals surface area contributed by atoms with Crippen LogP contribution in [-0.4, -0.2) is 5.91 Å². The third-order valence-electron chi connectivity index (χ3n) is 3.06. The Kier molecular flexibility index (Phi) is 2.11. The Morgan fingerprint density at radius 2 is 2.12 bits per heavy atom. The quantitative estimate of drug-likeness (QED) is 0.768. The molecular weight excluding hydrogens is 212 g/mol. The molecule has 0 fully saturated rings. The highest BCUT2D eigenvalue weighted by Gasteiger charge is 2.25. The Morgan fingerprint density at radius 3 is 2.94 bits per heavy atom. The van der Waals surface area contributed by atoms with Gasteiger partial charge in [-0.2, -0.15) is 0 Å². The van der Waals surface area contributed by atoms with Gasteiger partial charge in [-0.15, -0.1) is 0 Å². The third-order valence-corrected chi connectivity index (χ3v) is 3.06. The third kappa shape index (κ3) is 1.47. The molecule has 3 N–H and O–H groups in total. The summed E-state index contributed by atoms with van der Waals surface area (Å²) in [6.45, 7) is 0. The zero-order valence-corrected chi connectivity index (χ0v) is 9.23. The maximum absolute atomic E-state index is 11.7. The molecule has 17 heavy (non-hydrogen) atoms. The van der Waals surface area contributed by atoms with Crippen molar-refractivity contribution in [2.75, 3.05) is 5.32 Å². The van der Waals surface area contributed by atoms with Crippen molar-refractivity contribution < 1.29 is 4.79 Å². The molecule has 1 aliphatic carbocycles. The van der Waals surface area contributed by atoms with E-state index in [0.717, 1.165) is 28.9 Å². The lowest BCUT2D eigenvalue weighted by Crippen LogP contribution is -2.22. The smallest absolute Gasteiger partial charge is 0.249 e. The molecule has 3 heteroatoms. The molecule has 0 atom stereocenters. The van der Waals surface area contributed by atoms with E-state index < -0.39 is 0 Å². The molecule has 3 rings (SSSR count). The van der Waals surface area contributed by atoms with Gasteiger partial charge in [-0.25, -0.2) is 0 Å². The number of nitrogens with two attached hydrogens (primary N) is 1. The van der Waals surface area contributed by atoms with Crippen molar-refractivity contribution in [1.82, 2.24) is 0 Å². The van der Waals surface area contributed by atoms with Crippen LogP contribution in [0.2, 0.25) is 0 Å². The second-order valence-corrected chi connectivity index (χ2v) is 4.10. The van der Waals surface area contributed by atoms with Gasteiger partial charge in [-0.3, -0.25) is 4.79 Å². The van der Waals surface area contributed by atoms with Gasteiger partial charge in [0, 0.05) is 16.9 Å². The standard InChI is InChI=1S/C14H12N2O/c15-14(17)13-9-5-1-3-7-11(9)16-12-8-4-2-6-10(12)13/h1-5,7-8,16H,6H2,(H2,15,17). The second kappa shape index (κ2) is 3.63. The molecule has 1 aliphatic heterocycles. The number of amides is 1. The van der Waals surface area contributed by atoms with E-state index in [4.69, 9.17) is 5.73 Å². The molecular formula is C14H12N2O. The zero-order chi connectivity index (χ0) is 11.8. The normalized spacial score (nSPS) is 16.8. The number of hydrogen-bond donors (Lipinski definition) is 2. The molecule has 84 valence electrons. The minimum Gasteiger partial charge on any atom is -0.366 e. The average molecular weight is 224 g/mol. The van der Waals surface area contributed by atoms with Crippen molar-refractivity contribution in [1.29, 1.82) is 0 Å². The topological polar surface area (TPSA) is 55.1 Å².